The maximum absolute atomic E-state index is 14.7. The fourth-order valence-corrected chi connectivity index (χ4v) is 5.35. The predicted molar refractivity (Wildman–Crippen MR) is 164 cm³/mol. The minimum atomic E-state index is -6.96. The van der Waals surface area contributed by atoms with E-state index in [2.05, 4.69) is 0 Å². The van der Waals surface area contributed by atoms with Crippen molar-refractivity contribution in [1.29, 1.82) is 0 Å². The van der Waals surface area contributed by atoms with Crippen LogP contribution >= 0.6 is 0 Å². The lowest BCUT2D eigenvalue weighted by molar-refractivity contribution is -0.347. The first-order valence-electron chi connectivity index (χ1n) is 15.0. The topological polar surface area (TPSA) is 58.2 Å². The first-order valence-corrected chi connectivity index (χ1v) is 15.0. The highest BCUT2D eigenvalue weighted by Crippen LogP contribution is 2.52. The summed E-state index contributed by atoms with van der Waals surface area (Å²) in [6, 6.07) is 34.1. The van der Waals surface area contributed by atoms with Crippen molar-refractivity contribution in [2.45, 2.75) is 48.4 Å². The summed E-state index contributed by atoms with van der Waals surface area (Å²) in [6.45, 7) is -1.38. The van der Waals surface area contributed by atoms with Crippen LogP contribution in [-0.2, 0) is 9.59 Å². The second-order valence-electron chi connectivity index (χ2n) is 11.1. The maximum Gasteiger partial charge on any atom is 0.392 e. The van der Waals surface area contributed by atoms with Gasteiger partial charge in [-0.25, -0.2) is 0 Å². The molecular weight excluding hydrogens is 644 g/mol. The standard InChI is InChI=1S/C36H32F8N2O2/c37-33(38,31(47)45-23-21-29(25-13-5-1-6-14-25)26-15-7-2-8-16-26)35(41,42)36(43,44)34(39,40)32(48)46-24-22-30(27-17-9-3-10-18-27)28-19-11-4-12-20-28/h1-20,29-30H,21-24H2,(H,45,47)(H,46,48). The Kier molecular flexibility index (Phi) is 11.3. The molecule has 0 unspecified atom stereocenters. The third-order valence-corrected chi connectivity index (χ3v) is 8.00. The molecule has 0 aliphatic heterocycles. The summed E-state index contributed by atoms with van der Waals surface area (Å²) >= 11 is 0. The van der Waals surface area contributed by atoms with Crippen LogP contribution in [0, 0.1) is 0 Å². The average molecular weight is 677 g/mol. The lowest BCUT2D eigenvalue weighted by Gasteiger charge is -2.35. The van der Waals surface area contributed by atoms with Crippen LogP contribution in [0.25, 0.3) is 0 Å². The van der Waals surface area contributed by atoms with Gasteiger partial charge < -0.3 is 10.6 Å². The number of carbonyl (C=O) groups excluding carboxylic acids is 2. The van der Waals surface area contributed by atoms with E-state index in [-0.39, 0.29) is 12.8 Å². The molecular formula is C36H32F8N2O2. The van der Waals surface area contributed by atoms with E-state index >= 15 is 0 Å². The fourth-order valence-electron chi connectivity index (χ4n) is 5.35. The number of nitrogens with one attached hydrogen (secondary N) is 2. The van der Waals surface area contributed by atoms with E-state index in [9.17, 15) is 44.7 Å². The van der Waals surface area contributed by atoms with Crippen LogP contribution in [0.15, 0.2) is 121 Å². The van der Waals surface area contributed by atoms with E-state index in [4.69, 9.17) is 0 Å². The van der Waals surface area contributed by atoms with Crippen molar-refractivity contribution in [2.24, 2.45) is 0 Å². The van der Waals surface area contributed by atoms with E-state index < -0.39 is 60.4 Å². The number of alkyl halides is 8. The number of carbonyl (C=O) groups is 2. The van der Waals surface area contributed by atoms with Crippen molar-refractivity contribution in [3.8, 4) is 0 Å². The Hall–Kier alpha value is -4.74. The quantitative estimate of drug-likeness (QED) is 0.125. The minimum Gasteiger partial charge on any atom is -0.351 e. The summed E-state index contributed by atoms with van der Waals surface area (Å²) in [5.74, 6) is -33.4. The molecule has 254 valence electrons. The molecule has 0 aliphatic rings. The zero-order valence-electron chi connectivity index (χ0n) is 25.4. The molecule has 0 saturated heterocycles. The van der Waals surface area contributed by atoms with Gasteiger partial charge in [0.25, 0.3) is 11.8 Å². The normalized spacial score (nSPS) is 12.6. The third kappa shape index (κ3) is 7.53. The summed E-state index contributed by atoms with van der Waals surface area (Å²) in [5.41, 5.74) is 2.74. The Morgan fingerprint density at radius 1 is 0.438 bits per heavy atom. The lowest BCUT2D eigenvalue weighted by atomic mass is 9.88. The van der Waals surface area contributed by atoms with Crippen LogP contribution < -0.4 is 10.6 Å². The van der Waals surface area contributed by atoms with Crippen LogP contribution in [0.2, 0.25) is 0 Å². The SMILES string of the molecule is O=C(NCCC(c1ccccc1)c1ccccc1)C(F)(F)C(F)(F)C(F)(F)C(F)(F)C(=O)NCCC(c1ccccc1)c1ccccc1. The van der Waals surface area contributed by atoms with Gasteiger partial charge in [-0.05, 0) is 35.1 Å². The smallest absolute Gasteiger partial charge is 0.351 e. The van der Waals surface area contributed by atoms with Crippen molar-refractivity contribution < 1.29 is 44.7 Å². The number of amides is 2. The number of benzene rings is 4. The maximum atomic E-state index is 14.7. The van der Waals surface area contributed by atoms with Crippen LogP contribution in [0.3, 0.4) is 0 Å². The third-order valence-electron chi connectivity index (χ3n) is 8.00. The van der Waals surface area contributed by atoms with Crippen LogP contribution in [0.1, 0.15) is 46.9 Å². The second-order valence-corrected chi connectivity index (χ2v) is 11.1. The molecule has 4 aromatic carbocycles. The molecule has 48 heavy (non-hydrogen) atoms. The molecule has 0 fully saturated rings. The first kappa shape index (κ1) is 36.1. The fraction of sp³-hybridized carbons (Fsp3) is 0.278. The number of halogens is 8. The molecule has 12 heteroatoms. The summed E-state index contributed by atoms with van der Waals surface area (Å²) in [6.07, 6.45) is -0.243. The molecule has 0 bridgehead atoms. The zero-order chi connectivity index (χ0) is 35.0. The summed E-state index contributed by atoms with van der Waals surface area (Å²) < 4.78 is 117. The lowest BCUT2D eigenvalue weighted by Crippen LogP contribution is -2.69. The van der Waals surface area contributed by atoms with Gasteiger partial charge in [0, 0.05) is 24.9 Å². The molecule has 4 aromatic rings. The van der Waals surface area contributed by atoms with Gasteiger partial charge >= 0.3 is 23.7 Å². The number of hydrogen-bond acceptors (Lipinski definition) is 2. The van der Waals surface area contributed by atoms with Crippen LogP contribution in [0.4, 0.5) is 35.1 Å². The first-order chi connectivity index (χ1) is 22.7. The van der Waals surface area contributed by atoms with Gasteiger partial charge in [-0.15, -0.1) is 0 Å². The Morgan fingerprint density at radius 3 is 0.896 bits per heavy atom. The second kappa shape index (κ2) is 15.0. The van der Waals surface area contributed by atoms with Crippen molar-refractivity contribution in [2.75, 3.05) is 13.1 Å². The Bertz CT molecular complexity index is 1420. The van der Waals surface area contributed by atoms with Crippen molar-refractivity contribution in [3.05, 3.63) is 144 Å². The van der Waals surface area contributed by atoms with Gasteiger partial charge in [0.1, 0.15) is 0 Å². The molecule has 0 saturated carbocycles. The summed E-state index contributed by atoms with van der Waals surface area (Å²) in [7, 11) is 0. The van der Waals surface area contributed by atoms with E-state index in [1.807, 2.05) is 0 Å². The van der Waals surface area contributed by atoms with E-state index in [1.54, 1.807) is 121 Å². The molecule has 2 N–H and O–H groups in total. The van der Waals surface area contributed by atoms with Gasteiger partial charge in [-0.1, -0.05) is 121 Å². The molecule has 0 aliphatic carbocycles. The molecule has 0 radical (unpaired) electrons. The zero-order valence-corrected chi connectivity index (χ0v) is 25.4. The summed E-state index contributed by atoms with van der Waals surface area (Å²) in [5, 5.41) is 2.96. The van der Waals surface area contributed by atoms with Gasteiger partial charge in [-0.2, -0.15) is 35.1 Å². The molecule has 0 aromatic heterocycles. The van der Waals surface area contributed by atoms with Gasteiger partial charge in [0.15, 0.2) is 0 Å². The highest BCUT2D eigenvalue weighted by Gasteiger charge is 2.84. The monoisotopic (exact) mass is 676 g/mol. The van der Waals surface area contributed by atoms with Crippen molar-refractivity contribution >= 4 is 11.8 Å². The highest BCUT2D eigenvalue weighted by atomic mass is 19.4. The Labute approximate surface area is 272 Å². The molecule has 2 amide bonds. The molecule has 0 spiro atoms. The predicted octanol–water partition coefficient (Wildman–Crippen LogP) is 8.20. The highest BCUT2D eigenvalue weighted by molar-refractivity contribution is 5.87. The van der Waals surface area contributed by atoms with E-state index in [0.29, 0.717) is 22.3 Å². The average Bonchev–Trinajstić information content (AvgIpc) is 3.09. The molecule has 0 atom stereocenters. The number of hydrogen-bond donors (Lipinski definition) is 2. The van der Waals surface area contributed by atoms with Crippen molar-refractivity contribution in [1.82, 2.24) is 10.6 Å². The van der Waals surface area contributed by atoms with Gasteiger partial charge in [0.05, 0.1) is 0 Å². The molecule has 0 heterocycles. The number of rotatable bonds is 15. The van der Waals surface area contributed by atoms with Crippen LogP contribution in [-0.4, -0.2) is 48.6 Å². The van der Waals surface area contributed by atoms with E-state index in [0.717, 1.165) is 0 Å². The van der Waals surface area contributed by atoms with Gasteiger partial charge in [0.2, 0.25) is 0 Å². The summed E-state index contributed by atoms with van der Waals surface area (Å²) in [4.78, 5) is 24.4. The Morgan fingerprint density at radius 2 is 0.667 bits per heavy atom. The Balaban J connectivity index is 1.42. The minimum absolute atomic E-state index is 0.122. The van der Waals surface area contributed by atoms with E-state index in [1.165, 1.54) is 10.6 Å². The largest absolute Gasteiger partial charge is 0.392 e. The van der Waals surface area contributed by atoms with Crippen LogP contribution in [0.5, 0.6) is 0 Å². The molecule has 4 nitrogen and oxygen atoms in total. The van der Waals surface area contributed by atoms with Gasteiger partial charge in [-0.3, -0.25) is 9.59 Å². The molecule has 4 rings (SSSR count). The van der Waals surface area contributed by atoms with Crippen molar-refractivity contribution in [3.63, 3.8) is 0 Å².